The minimum atomic E-state index is -1.10. The number of nitrogens with zero attached hydrogens (tertiary/aromatic N) is 2. The van der Waals surface area contributed by atoms with Crippen molar-refractivity contribution in [1.29, 1.82) is 0 Å². The van der Waals surface area contributed by atoms with Gasteiger partial charge in [0, 0.05) is 20.0 Å². The molecule has 0 aliphatic carbocycles. The van der Waals surface area contributed by atoms with E-state index in [1.54, 1.807) is 26.1 Å². The highest BCUT2D eigenvalue weighted by atomic mass is 19.1. The molecule has 1 heterocycles. The standard InChI is InChI=1S/C16H19FN2O4/c1-3-19(9-14(21)22)16(23)12-8-13(20)18(2)15(12)10-4-6-11(17)7-5-10/h4-7,12,15H,3,8-9H2,1-2H3,(H,21,22). The first-order valence-corrected chi connectivity index (χ1v) is 7.36. The van der Waals surface area contributed by atoms with Gasteiger partial charge in [-0.05, 0) is 24.6 Å². The number of carbonyl (C=O) groups is 3. The minimum absolute atomic E-state index is 0.0213. The van der Waals surface area contributed by atoms with Gasteiger partial charge in [-0.1, -0.05) is 12.1 Å². The third kappa shape index (κ3) is 3.49. The maximum atomic E-state index is 13.1. The Morgan fingerprint density at radius 1 is 1.35 bits per heavy atom. The molecule has 0 saturated carbocycles. The number of benzene rings is 1. The van der Waals surface area contributed by atoms with Crippen molar-refractivity contribution in [2.75, 3.05) is 20.1 Å². The molecule has 7 heteroatoms. The lowest BCUT2D eigenvalue weighted by atomic mass is 9.92. The first kappa shape index (κ1) is 16.9. The van der Waals surface area contributed by atoms with Gasteiger partial charge in [0.2, 0.25) is 11.8 Å². The third-order valence-corrected chi connectivity index (χ3v) is 4.13. The Balaban J connectivity index is 2.31. The molecule has 23 heavy (non-hydrogen) atoms. The van der Waals surface area contributed by atoms with Crippen LogP contribution in [-0.2, 0) is 14.4 Å². The molecule has 1 aliphatic rings. The number of likely N-dealkylation sites (tertiary alicyclic amines) is 1. The highest BCUT2D eigenvalue weighted by Crippen LogP contribution is 2.38. The van der Waals surface area contributed by atoms with Crippen LogP contribution in [-0.4, -0.2) is 52.8 Å². The molecule has 2 amide bonds. The first-order valence-electron chi connectivity index (χ1n) is 7.36. The Kier molecular flexibility index (Phi) is 4.98. The summed E-state index contributed by atoms with van der Waals surface area (Å²) < 4.78 is 13.1. The quantitative estimate of drug-likeness (QED) is 0.886. The van der Waals surface area contributed by atoms with Crippen LogP contribution in [0.15, 0.2) is 24.3 Å². The molecule has 1 N–H and O–H groups in total. The van der Waals surface area contributed by atoms with E-state index in [0.717, 1.165) is 0 Å². The Bertz CT molecular complexity index is 617. The zero-order valence-electron chi connectivity index (χ0n) is 13.0. The highest BCUT2D eigenvalue weighted by Gasteiger charge is 2.44. The van der Waals surface area contributed by atoms with Gasteiger partial charge in [-0.15, -0.1) is 0 Å². The van der Waals surface area contributed by atoms with Crippen LogP contribution in [0.1, 0.15) is 24.9 Å². The molecule has 2 atom stereocenters. The van der Waals surface area contributed by atoms with Crippen LogP contribution < -0.4 is 0 Å². The number of halogens is 1. The van der Waals surface area contributed by atoms with Gasteiger partial charge in [-0.25, -0.2) is 4.39 Å². The van der Waals surface area contributed by atoms with E-state index in [0.29, 0.717) is 5.56 Å². The minimum Gasteiger partial charge on any atom is -0.480 e. The predicted molar refractivity (Wildman–Crippen MR) is 79.9 cm³/mol. The van der Waals surface area contributed by atoms with Crippen molar-refractivity contribution in [3.05, 3.63) is 35.6 Å². The number of aliphatic carboxylic acids is 1. The molecule has 0 radical (unpaired) electrons. The van der Waals surface area contributed by atoms with E-state index in [4.69, 9.17) is 5.11 Å². The summed E-state index contributed by atoms with van der Waals surface area (Å²) in [5, 5.41) is 8.91. The van der Waals surface area contributed by atoms with E-state index in [9.17, 15) is 18.8 Å². The molecular weight excluding hydrogens is 303 g/mol. The van der Waals surface area contributed by atoms with E-state index in [-0.39, 0.29) is 24.8 Å². The van der Waals surface area contributed by atoms with Gasteiger partial charge in [0.05, 0.1) is 12.0 Å². The van der Waals surface area contributed by atoms with Crippen molar-refractivity contribution < 1.29 is 23.9 Å². The molecule has 2 rings (SSSR count). The lowest BCUT2D eigenvalue weighted by Gasteiger charge is -2.28. The van der Waals surface area contributed by atoms with Gasteiger partial charge in [0.15, 0.2) is 0 Å². The molecular formula is C16H19FN2O4. The molecule has 1 fully saturated rings. The number of carboxylic acids is 1. The van der Waals surface area contributed by atoms with Crippen molar-refractivity contribution in [3.63, 3.8) is 0 Å². The summed E-state index contributed by atoms with van der Waals surface area (Å²) >= 11 is 0. The SMILES string of the molecule is CCN(CC(=O)O)C(=O)C1CC(=O)N(C)C1c1ccc(F)cc1. The highest BCUT2D eigenvalue weighted by molar-refractivity contribution is 5.91. The van der Waals surface area contributed by atoms with Crippen LogP contribution in [0.25, 0.3) is 0 Å². The predicted octanol–water partition coefficient (Wildman–Crippen LogP) is 1.28. The van der Waals surface area contributed by atoms with Gasteiger partial charge in [0.25, 0.3) is 0 Å². The van der Waals surface area contributed by atoms with Crippen molar-refractivity contribution in [2.24, 2.45) is 5.92 Å². The van der Waals surface area contributed by atoms with Crippen LogP contribution in [0.2, 0.25) is 0 Å². The average Bonchev–Trinajstić information content (AvgIpc) is 2.80. The number of carboxylic acid groups (broad SMARTS) is 1. The molecule has 0 aromatic heterocycles. The summed E-state index contributed by atoms with van der Waals surface area (Å²) in [5.74, 6) is -2.73. The molecule has 1 aromatic carbocycles. The second kappa shape index (κ2) is 6.76. The maximum absolute atomic E-state index is 13.1. The second-order valence-electron chi connectivity index (χ2n) is 5.56. The molecule has 1 aromatic rings. The third-order valence-electron chi connectivity index (χ3n) is 4.13. The normalized spacial score (nSPS) is 20.7. The number of hydrogen-bond donors (Lipinski definition) is 1. The van der Waals surface area contributed by atoms with Gasteiger partial charge in [0.1, 0.15) is 12.4 Å². The molecule has 2 unspecified atom stereocenters. The Morgan fingerprint density at radius 3 is 2.48 bits per heavy atom. The van der Waals surface area contributed by atoms with Gasteiger partial charge < -0.3 is 14.9 Å². The number of amides is 2. The molecule has 1 saturated heterocycles. The largest absolute Gasteiger partial charge is 0.480 e. The molecule has 0 spiro atoms. The van der Waals surface area contributed by atoms with E-state index >= 15 is 0 Å². The average molecular weight is 322 g/mol. The fourth-order valence-electron chi connectivity index (χ4n) is 2.95. The van der Waals surface area contributed by atoms with Crippen molar-refractivity contribution in [2.45, 2.75) is 19.4 Å². The Hall–Kier alpha value is -2.44. The van der Waals surface area contributed by atoms with Crippen LogP contribution in [0, 0.1) is 11.7 Å². The number of likely N-dealkylation sites (N-methyl/N-ethyl adjacent to an activating group) is 1. The van der Waals surface area contributed by atoms with Crippen LogP contribution in [0.3, 0.4) is 0 Å². The lowest BCUT2D eigenvalue weighted by Crippen LogP contribution is -2.41. The number of hydrogen-bond acceptors (Lipinski definition) is 3. The zero-order chi connectivity index (χ0) is 17.1. The van der Waals surface area contributed by atoms with Crippen molar-refractivity contribution >= 4 is 17.8 Å². The van der Waals surface area contributed by atoms with Crippen LogP contribution in [0.4, 0.5) is 4.39 Å². The summed E-state index contributed by atoms with van der Waals surface area (Å²) in [4.78, 5) is 38.3. The van der Waals surface area contributed by atoms with Gasteiger partial charge >= 0.3 is 5.97 Å². The summed E-state index contributed by atoms with van der Waals surface area (Å²) in [6.45, 7) is 1.53. The van der Waals surface area contributed by atoms with Crippen molar-refractivity contribution in [3.8, 4) is 0 Å². The lowest BCUT2D eigenvalue weighted by molar-refractivity contribution is -0.146. The van der Waals surface area contributed by atoms with E-state index in [1.807, 2.05) is 0 Å². The van der Waals surface area contributed by atoms with E-state index in [1.165, 1.54) is 21.9 Å². The molecule has 0 bridgehead atoms. The molecule has 1 aliphatic heterocycles. The second-order valence-corrected chi connectivity index (χ2v) is 5.56. The van der Waals surface area contributed by atoms with Crippen LogP contribution >= 0.6 is 0 Å². The zero-order valence-corrected chi connectivity index (χ0v) is 13.0. The fourth-order valence-corrected chi connectivity index (χ4v) is 2.95. The van der Waals surface area contributed by atoms with E-state index in [2.05, 4.69) is 0 Å². The topological polar surface area (TPSA) is 77.9 Å². The Labute approximate surface area is 133 Å². The van der Waals surface area contributed by atoms with Gasteiger partial charge in [-0.3, -0.25) is 14.4 Å². The van der Waals surface area contributed by atoms with E-state index < -0.39 is 30.3 Å². The smallest absolute Gasteiger partial charge is 0.323 e. The summed E-state index contributed by atoms with van der Waals surface area (Å²) in [5.41, 5.74) is 0.657. The molecule has 6 nitrogen and oxygen atoms in total. The summed E-state index contributed by atoms with van der Waals surface area (Å²) in [6, 6.07) is 5.13. The maximum Gasteiger partial charge on any atom is 0.323 e. The van der Waals surface area contributed by atoms with Crippen molar-refractivity contribution in [1.82, 2.24) is 9.80 Å². The summed E-state index contributed by atoms with van der Waals surface area (Å²) in [6.07, 6.45) is 0.0213. The number of rotatable bonds is 5. The summed E-state index contributed by atoms with van der Waals surface area (Å²) in [7, 11) is 1.59. The Morgan fingerprint density at radius 2 is 1.96 bits per heavy atom. The monoisotopic (exact) mass is 322 g/mol. The first-order chi connectivity index (χ1) is 10.8. The number of carbonyl (C=O) groups excluding carboxylic acids is 2. The van der Waals surface area contributed by atoms with Gasteiger partial charge in [-0.2, -0.15) is 0 Å². The molecule has 124 valence electrons. The van der Waals surface area contributed by atoms with Crippen LogP contribution in [0.5, 0.6) is 0 Å². The fraction of sp³-hybridized carbons (Fsp3) is 0.438.